The van der Waals surface area contributed by atoms with Gasteiger partial charge >= 0.3 is 5.97 Å². The minimum atomic E-state index is -0.809. The molecule has 0 radical (unpaired) electrons. The summed E-state index contributed by atoms with van der Waals surface area (Å²) in [7, 11) is 0. The molecule has 0 saturated heterocycles. The van der Waals surface area contributed by atoms with Crippen molar-refractivity contribution >= 4 is 11.9 Å². The van der Waals surface area contributed by atoms with E-state index in [9.17, 15) is 14.4 Å². The molecule has 0 unspecified atom stereocenters. The number of ether oxygens (including phenoxy) is 1. The average Bonchev–Trinajstić information content (AvgIpc) is 2.33. The van der Waals surface area contributed by atoms with Crippen LogP contribution < -0.4 is 10.9 Å². The molecule has 0 aliphatic carbocycles. The molecule has 0 aliphatic rings. The molecule has 2 N–H and O–H groups in total. The van der Waals surface area contributed by atoms with Crippen LogP contribution in [-0.4, -0.2) is 28.5 Å². The van der Waals surface area contributed by atoms with Gasteiger partial charge in [-0.3, -0.25) is 9.59 Å². The van der Waals surface area contributed by atoms with E-state index < -0.39 is 29.1 Å². The van der Waals surface area contributed by atoms with Crippen molar-refractivity contribution in [2.45, 2.75) is 46.3 Å². The van der Waals surface area contributed by atoms with Gasteiger partial charge in [-0.25, -0.2) is 4.79 Å². The van der Waals surface area contributed by atoms with Gasteiger partial charge in [0.15, 0.2) is 0 Å². The molecule has 21 heavy (non-hydrogen) atoms. The predicted molar refractivity (Wildman–Crippen MR) is 79.0 cm³/mol. The molecular formula is C15H22N2O4. The molecule has 1 rings (SSSR count). The fourth-order valence-electron chi connectivity index (χ4n) is 1.68. The molecule has 0 fully saturated rings. The van der Waals surface area contributed by atoms with Crippen molar-refractivity contribution in [3.63, 3.8) is 0 Å². The third kappa shape index (κ3) is 5.06. The first kappa shape index (κ1) is 16.9. The molecule has 1 heterocycles. The number of nitrogens with one attached hydrogen (secondary N) is 2. The minimum Gasteiger partial charge on any atom is -0.458 e. The first-order chi connectivity index (χ1) is 9.61. The lowest BCUT2D eigenvalue weighted by molar-refractivity contribution is -0.158. The number of pyridine rings is 1. The number of hydrogen-bond acceptors (Lipinski definition) is 4. The quantitative estimate of drug-likeness (QED) is 0.823. The van der Waals surface area contributed by atoms with Crippen molar-refractivity contribution < 1.29 is 14.3 Å². The lowest BCUT2D eigenvalue weighted by Crippen LogP contribution is -2.48. The molecule has 0 saturated carbocycles. The second-order valence-electron chi connectivity index (χ2n) is 6.14. The zero-order chi connectivity index (χ0) is 16.2. The van der Waals surface area contributed by atoms with E-state index in [-0.39, 0.29) is 11.5 Å². The Morgan fingerprint density at radius 3 is 2.38 bits per heavy atom. The summed E-state index contributed by atoms with van der Waals surface area (Å²) in [5, 5.41) is 2.56. The van der Waals surface area contributed by atoms with E-state index in [1.165, 1.54) is 12.3 Å². The lowest BCUT2D eigenvalue weighted by atomic mass is 10.0. The Bertz CT molecular complexity index is 570. The van der Waals surface area contributed by atoms with Gasteiger partial charge in [0.25, 0.3) is 11.5 Å². The molecule has 0 spiro atoms. The van der Waals surface area contributed by atoms with Gasteiger partial charge in [-0.1, -0.05) is 13.8 Å². The molecule has 6 nitrogen and oxygen atoms in total. The fraction of sp³-hybridized carbons (Fsp3) is 0.533. The summed E-state index contributed by atoms with van der Waals surface area (Å²) in [4.78, 5) is 38.2. The van der Waals surface area contributed by atoms with E-state index in [1.54, 1.807) is 40.7 Å². The van der Waals surface area contributed by atoms with Crippen LogP contribution in [0.3, 0.4) is 0 Å². The molecule has 1 amide bonds. The van der Waals surface area contributed by atoms with Crippen molar-refractivity contribution in [1.82, 2.24) is 10.3 Å². The van der Waals surface area contributed by atoms with Crippen molar-refractivity contribution in [2.24, 2.45) is 5.92 Å². The number of aromatic amines is 1. The van der Waals surface area contributed by atoms with Crippen molar-refractivity contribution in [2.75, 3.05) is 0 Å². The molecule has 1 aromatic rings. The van der Waals surface area contributed by atoms with Crippen molar-refractivity contribution in [3.05, 3.63) is 34.2 Å². The second kappa shape index (κ2) is 6.56. The van der Waals surface area contributed by atoms with Crippen LogP contribution in [-0.2, 0) is 9.53 Å². The number of hydrogen-bond donors (Lipinski definition) is 2. The standard InChI is InChI=1S/C15H22N2O4/c1-9(2)11(14(20)21-15(3,4)5)17-13(19)10-7-6-8-16-12(10)18/h6-9,11H,1-5H3,(H,16,18)(H,17,19)/t11-/m1/s1. The zero-order valence-electron chi connectivity index (χ0n) is 13.0. The summed E-state index contributed by atoms with van der Waals surface area (Å²) in [5.41, 5.74) is -1.17. The van der Waals surface area contributed by atoms with E-state index in [4.69, 9.17) is 4.74 Å². The number of rotatable bonds is 4. The smallest absolute Gasteiger partial charge is 0.329 e. The van der Waals surface area contributed by atoms with Crippen LogP contribution in [0.4, 0.5) is 0 Å². The van der Waals surface area contributed by atoms with Gasteiger partial charge in [0, 0.05) is 6.20 Å². The largest absolute Gasteiger partial charge is 0.458 e. The molecule has 1 atom stereocenters. The molecule has 0 aromatic carbocycles. The Morgan fingerprint density at radius 1 is 1.29 bits per heavy atom. The first-order valence-corrected chi connectivity index (χ1v) is 6.83. The van der Waals surface area contributed by atoms with Crippen LogP contribution in [0, 0.1) is 5.92 Å². The van der Waals surface area contributed by atoms with E-state index in [0.717, 1.165) is 0 Å². The van der Waals surface area contributed by atoms with Gasteiger partial charge in [-0.15, -0.1) is 0 Å². The molecule has 1 aromatic heterocycles. The monoisotopic (exact) mass is 294 g/mol. The summed E-state index contributed by atoms with van der Waals surface area (Å²) < 4.78 is 5.29. The highest BCUT2D eigenvalue weighted by molar-refractivity contribution is 5.96. The Morgan fingerprint density at radius 2 is 1.90 bits per heavy atom. The lowest BCUT2D eigenvalue weighted by Gasteiger charge is -2.26. The number of esters is 1. The molecular weight excluding hydrogens is 272 g/mol. The maximum Gasteiger partial charge on any atom is 0.329 e. The molecule has 0 aliphatic heterocycles. The third-order valence-electron chi connectivity index (χ3n) is 2.68. The number of amides is 1. The normalized spacial score (nSPS) is 12.9. The maximum absolute atomic E-state index is 12.1. The Hall–Kier alpha value is -2.11. The highest BCUT2D eigenvalue weighted by Gasteiger charge is 2.29. The first-order valence-electron chi connectivity index (χ1n) is 6.83. The van der Waals surface area contributed by atoms with E-state index >= 15 is 0 Å². The Kier molecular flexibility index (Phi) is 5.29. The molecule has 116 valence electrons. The second-order valence-corrected chi connectivity index (χ2v) is 6.14. The number of carbonyl (C=O) groups is 2. The summed E-state index contributed by atoms with van der Waals surface area (Å²) >= 11 is 0. The van der Waals surface area contributed by atoms with Crippen LogP contribution in [0.25, 0.3) is 0 Å². The van der Waals surface area contributed by atoms with Crippen molar-refractivity contribution in [3.8, 4) is 0 Å². The Labute approximate surface area is 123 Å². The van der Waals surface area contributed by atoms with E-state index in [0.29, 0.717) is 0 Å². The van der Waals surface area contributed by atoms with Gasteiger partial charge in [-0.2, -0.15) is 0 Å². The van der Waals surface area contributed by atoms with E-state index in [2.05, 4.69) is 10.3 Å². The van der Waals surface area contributed by atoms with Crippen molar-refractivity contribution in [1.29, 1.82) is 0 Å². The van der Waals surface area contributed by atoms with Gasteiger partial charge in [-0.05, 0) is 38.8 Å². The number of H-pyrrole nitrogens is 1. The summed E-state index contributed by atoms with van der Waals surface area (Å²) in [5.74, 6) is -1.27. The van der Waals surface area contributed by atoms with Crippen LogP contribution in [0.2, 0.25) is 0 Å². The maximum atomic E-state index is 12.1. The van der Waals surface area contributed by atoms with E-state index in [1.807, 2.05) is 0 Å². The highest BCUT2D eigenvalue weighted by Crippen LogP contribution is 2.12. The average molecular weight is 294 g/mol. The third-order valence-corrected chi connectivity index (χ3v) is 2.68. The van der Waals surface area contributed by atoms with Gasteiger partial charge < -0.3 is 15.0 Å². The molecule has 6 heteroatoms. The SMILES string of the molecule is CC(C)[C@@H](NC(=O)c1ccc[nH]c1=O)C(=O)OC(C)(C)C. The topological polar surface area (TPSA) is 88.3 Å². The van der Waals surface area contributed by atoms with Crippen LogP contribution in [0.1, 0.15) is 45.0 Å². The summed E-state index contributed by atoms with van der Waals surface area (Å²) in [6, 6.07) is 2.14. The van der Waals surface area contributed by atoms with Gasteiger partial charge in [0.1, 0.15) is 17.2 Å². The summed E-state index contributed by atoms with van der Waals surface area (Å²) in [6.45, 7) is 8.86. The van der Waals surface area contributed by atoms with Crippen LogP contribution in [0.5, 0.6) is 0 Å². The number of carbonyl (C=O) groups excluding carboxylic acids is 2. The van der Waals surface area contributed by atoms with Gasteiger partial charge in [0.2, 0.25) is 0 Å². The van der Waals surface area contributed by atoms with Crippen LogP contribution >= 0.6 is 0 Å². The van der Waals surface area contributed by atoms with Crippen LogP contribution in [0.15, 0.2) is 23.1 Å². The number of aromatic nitrogens is 1. The fourth-order valence-corrected chi connectivity index (χ4v) is 1.68. The highest BCUT2D eigenvalue weighted by atomic mass is 16.6. The minimum absolute atomic E-state index is 0.0355. The Balaban J connectivity index is 2.89. The summed E-state index contributed by atoms with van der Waals surface area (Å²) in [6.07, 6.45) is 1.44. The van der Waals surface area contributed by atoms with Gasteiger partial charge in [0.05, 0.1) is 0 Å². The zero-order valence-corrected chi connectivity index (χ0v) is 13.0. The predicted octanol–water partition coefficient (Wildman–Crippen LogP) is 1.47. The molecule has 0 bridgehead atoms.